The molecule has 2 aliphatic carbocycles. The van der Waals surface area contributed by atoms with E-state index in [2.05, 4.69) is 17.4 Å². The Morgan fingerprint density at radius 2 is 1.96 bits per heavy atom. The molecule has 4 nitrogen and oxygen atoms in total. The van der Waals surface area contributed by atoms with Gasteiger partial charge in [-0.15, -0.1) is 0 Å². The Balaban J connectivity index is 1.57. The number of aliphatic hydroxyl groups is 1. The second-order valence-electron chi connectivity index (χ2n) is 7.13. The summed E-state index contributed by atoms with van der Waals surface area (Å²) in [5, 5.41) is 13.3. The lowest BCUT2D eigenvalue weighted by atomic mass is 9.90. The highest BCUT2D eigenvalue weighted by molar-refractivity contribution is 5.77. The van der Waals surface area contributed by atoms with Crippen LogP contribution in [0.5, 0.6) is 5.75 Å². The Hall–Kier alpha value is -1.55. The summed E-state index contributed by atoms with van der Waals surface area (Å²) in [6, 6.07) is 8.06. The van der Waals surface area contributed by atoms with Crippen molar-refractivity contribution in [2.24, 2.45) is 5.92 Å². The fourth-order valence-electron chi connectivity index (χ4n) is 3.65. The minimum atomic E-state index is -0.676. The van der Waals surface area contributed by atoms with Gasteiger partial charge in [0.15, 0.2) is 0 Å². The predicted octanol–water partition coefficient (Wildman–Crippen LogP) is 3.00. The van der Waals surface area contributed by atoms with E-state index in [0.717, 1.165) is 31.4 Å². The molecule has 1 unspecified atom stereocenters. The molecule has 126 valence electrons. The molecule has 1 amide bonds. The number of nitrogens with one attached hydrogen (secondary N) is 1. The van der Waals surface area contributed by atoms with Gasteiger partial charge in [-0.3, -0.25) is 4.79 Å². The van der Waals surface area contributed by atoms with Gasteiger partial charge in [0, 0.05) is 13.0 Å². The molecule has 0 heterocycles. The third kappa shape index (κ3) is 4.25. The van der Waals surface area contributed by atoms with Crippen molar-refractivity contribution >= 4 is 5.91 Å². The molecule has 1 aromatic carbocycles. The molecular weight excluding hydrogens is 290 g/mol. The highest BCUT2D eigenvalue weighted by atomic mass is 16.5. The van der Waals surface area contributed by atoms with Crippen LogP contribution in [0.15, 0.2) is 24.3 Å². The van der Waals surface area contributed by atoms with E-state index in [1.165, 1.54) is 18.4 Å². The molecule has 0 saturated heterocycles. The third-order valence-corrected chi connectivity index (χ3v) is 5.29. The van der Waals surface area contributed by atoms with Crippen LogP contribution in [-0.2, 0) is 4.79 Å². The van der Waals surface area contributed by atoms with Gasteiger partial charge in [-0.1, -0.05) is 25.0 Å². The highest BCUT2D eigenvalue weighted by Crippen LogP contribution is 2.44. The average Bonchev–Trinajstić information content (AvgIpc) is 3.32. The summed E-state index contributed by atoms with van der Waals surface area (Å²) in [5.41, 5.74) is 0.535. The predicted molar refractivity (Wildman–Crippen MR) is 89.5 cm³/mol. The summed E-state index contributed by atoms with van der Waals surface area (Å²) < 4.78 is 5.21. The number of hydrogen-bond donors (Lipinski definition) is 2. The SMILES string of the molecule is COc1ccc(C(CC(=O)NCC2(O)CCCC2)C2CC2)cc1. The second kappa shape index (κ2) is 6.91. The summed E-state index contributed by atoms with van der Waals surface area (Å²) >= 11 is 0. The normalized spacial score (nSPS) is 21.0. The maximum absolute atomic E-state index is 12.3. The summed E-state index contributed by atoms with van der Waals surface area (Å²) in [6.07, 6.45) is 6.64. The van der Waals surface area contributed by atoms with Crippen molar-refractivity contribution in [2.75, 3.05) is 13.7 Å². The number of hydrogen-bond acceptors (Lipinski definition) is 3. The van der Waals surface area contributed by atoms with Crippen LogP contribution in [0.2, 0.25) is 0 Å². The molecule has 0 radical (unpaired) electrons. The molecule has 2 saturated carbocycles. The minimum absolute atomic E-state index is 0.0537. The van der Waals surface area contributed by atoms with Crippen LogP contribution < -0.4 is 10.1 Å². The molecule has 0 aromatic heterocycles. The lowest BCUT2D eigenvalue weighted by molar-refractivity contribution is -0.122. The van der Waals surface area contributed by atoms with Crippen molar-refractivity contribution in [3.05, 3.63) is 29.8 Å². The average molecular weight is 317 g/mol. The number of carbonyl (C=O) groups excluding carboxylic acids is 1. The maximum Gasteiger partial charge on any atom is 0.220 e. The van der Waals surface area contributed by atoms with E-state index >= 15 is 0 Å². The van der Waals surface area contributed by atoms with Crippen LogP contribution >= 0.6 is 0 Å². The summed E-state index contributed by atoms with van der Waals surface area (Å²) in [5.74, 6) is 1.79. The first-order chi connectivity index (χ1) is 11.1. The smallest absolute Gasteiger partial charge is 0.220 e. The standard InChI is InChI=1S/C19H27NO3/c1-23-16-8-6-15(7-9-16)17(14-4-5-14)12-18(21)20-13-19(22)10-2-3-11-19/h6-9,14,17,22H,2-5,10-13H2,1H3,(H,20,21). The zero-order valence-corrected chi connectivity index (χ0v) is 13.9. The van der Waals surface area contributed by atoms with Crippen molar-refractivity contribution in [1.82, 2.24) is 5.32 Å². The van der Waals surface area contributed by atoms with E-state index < -0.39 is 5.60 Å². The quantitative estimate of drug-likeness (QED) is 0.813. The molecule has 0 bridgehead atoms. The van der Waals surface area contributed by atoms with Crippen LogP contribution in [0.25, 0.3) is 0 Å². The van der Waals surface area contributed by atoms with Gasteiger partial charge < -0.3 is 15.2 Å². The molecule has 2 fully saturated rings. The van der Waals surface area contributed by atoms with E-state index in [9.17, 15) is 9.90 Å². The summed E-state index contributed by atoms with van der Waals surface area (Å²) in [6.45, 7) is 0.395. The minimum Gasteiger partial charge on any atom is -0.497 e. The lowest BCUT2D eigenvalue weighted by Crippen LogP contribution is -2.41. The number of benzene rings is 1. The van der Waals surface area contributed by atoms with Crippen molar-refractivity contribution in [1.29, 1.82) is 0 Å². The molecule has 0 spiro atoms. The number of rotatable bonds is 7. The monoisotopic (exact) mass is 317 g/mol. The first-order valence-electron chi connectivity index (χ1n) is 8.73. The Labute approximate surface area is 138 Å². The fourth-order valence-corrected chi connectivity index (χ4v) is 3.65. The van der Waals surface area contributed by atoms with Gasteiger partial charge in [-0.25, -0.2) is 0 Å². The van der Waals surface area contributed by atoms with Gasteiger partial charge in [-0.05, 0) is 55.2 Å². The molecule has 0 aliphatic heterocycles. The molecule has 1 atom stereocenters. The van der Waals surface area contributed by atoms with Gasteiger partial charge in [0.25, 0.3) is 0 Å². The van der Waals surface area contributed by atoms with Crippen LogP contribution in [0.4, 0.5) is 0 Å². The third-order valence-electron chi connectivity index (χ3n) is 5.29. The number of ether oxygens (including phenoxy) is 1. The Morgan fingerprint density at radius 1 is 1.30 bits per heavy atom. The maximum atomic E-state index is 12.3. The van der Waals surface area contributed by atoms with Gasteiger partial charge in [0.1, 0.15) is 5.75 Å². The van der Waals surface area contributed by atoms with Crippen molar-refractivity contribution in [3.8, 4) is 5.75 Å². The van der Waals surface area contributed by atoms with Crippen LogP contribution in [-0.4, -0.2) is 30.3 Å². The van der Waals surface area contributed by atoms with Gasteiger partial charge in [-0.2, -0.15) is 0 Å². The zero-order valence-electron chi connectivity index (χ0n) is 13.9. The van der Waals surface area contributed by atoms with Crippen molar-refractivity contribution in [2.45, 2.75) is 56.5 Å². The second-order valence-corrected chi connectivity index (χ2v) is 7.13. The van der Waals surface area contributed by atoms with E-state index in [1.807, 2.05) is 12.1 Å². The summed E-state index contributed by atoms with van der Waals surface area (Å²) in [7, 11) is 1.66. The lowest BCUT2D eigenvalue weighted by Gasteiger charge is -2.23. The summed E-state index contributed by atoms with van der Waals surface area (Å²) in [4.78, 5) is 12.3. The number of methoxy groups -OCH3 is 1. The Kier molecular flexibility index (Phi) is 4.90. The van der Waals surface area contributed by atoms with Gasteiger partial charge in [0.05, 0.1) is 12.7 Å². The van der Waals surface area contributed by atoms with Gasteiger partial charge >= 0.3 is 0 Å². The molecule has 2 aliphatic rings. The van der Waals surface area contributed by atoms with Gasteiger partial charge in [0.2, 0.25) is 5.91 Å². The number of amides is 1. The van der Waals surface area contributed by atoms with E-state index in [1.54, 1.807) is 7.11 Å². The zero-order chi connectivity index (χ0) is 16.3. The molecular formula is C19H27NO3. The molecule has 2 N–H and O–H groups in total. The molecule has 3 rings (SSSR count). The Bertz CT molecular complexity index is 530. The van der Waals surface area contributed by atoms with Crippen molar-refractivity contribution < 1.29 is 14.6 Å². The van der Waals surface area contributed by atoms with Crippen molar-refractivity contribution in [3.63, 3.8) is 0 Å². The molecule has 23 heavy (non-hydrogen) atoms. The van der Waals surface area contributed by atoms with E-state index in [0.29, 0.717) is 18.9 Å². The topological polar surface area (TPSA) is 58.6 Å². The van der Waals surface area contributed by atoms with E-state index in [4.69, 9.17) is 4.74 Å². The van der Waals surface area contributed by atoms with Crippen LogP contribution in [0, 0.1) is 5.92 Å². The van der Waals surface area contributed by atoms with Crippen LogP contribution in [0.3, 0.4) is 0 Å². The van der Waals surface area contributed by atoms with Crippen LogP contribution in [0.1, 0.15) is 56.4 Å². The Morgan fingerprint density at radius 3 is 2.52 bits per heavy atom. The number of carbonyl (C=O) groups is 1. The largest absolute Gasteiger partial charge is 0.497 e. The first kappa shape index (κ1) is 16.3. The first-order valence-corrected chi connectivity index (χ1v) is 8.73. The fraction of sp³-hybridized carbons (Fsp3) is 0.632. The molecule has 4 heteroatoms. The molecule has 1 aromatic rings. The van der Waals surface area contributed by atoms with E-state index in [-0.39, 0.29) is 11.8 Å². The highest BCUT2D eigenvalue weighted by Gasteiger charge is 2.35.